The quantitative estimate of drug-likeness (QED) is 0.488. The van der Waals surface area contributed by atoms with Crippen molar-refractivity contribution < 1.29 is 14.0 Å². The zero-order chi connectivity index (χ0) is 17.7. The van der Waals surface area contributed by atoms with E-state index in [-0.39, 0.29) is 11.8 Å². The maximum atomic E-state index is 12.7. The molecule has 1 aliphatic rings. The second kappa shape index (κ2) is 5.43. The fourth-order valence-electron chi connectivity index (χ4n) is 3.34. The monoisotopic (exact) mass is 339 g/mol. The minimum atomic E-state index is -0.295. The molecule has 0 fully saturated rings. The molecule has 4 aromatic rings. The molecule has 26 heavy (non-hydrogen) atoms. The van der Waals surface area contributed by atoms with E-state index >= 15 is 0 Å². The highest BCUT2D eigenvalue weighted by Gasteiger charge is 2.36. The average Bonchev–Trinajstić information content (AvgIpc) is 3.22. The van der Waals surface area contributed by atoms with Crippen LogP contribution in [0.3, 0.4) is 0 Å². The molecule has 1 aliphatic heterocycles. The van der Waals surface area contributed by atoms with Gasteiger partial charge in [0.2, 0.25) is 0 Å². The molecule has 5 rings (SSSR count). The van der Waals surface area contributed by atoms with E-state index in [9.17, 15) is 9.59 Å². The van der Waals surface area contributed by atoms with Crippen LogP contribution in [0.25, 0.3) is 22.3 Å². The second-order valence-corrected chi connectivity index (χ2v) is 6.19. The number of benzene rings is 3. The van der Waals surface area contributed by atoms with Crippen molar-refractivity contribution in [3.05, 3.63) is 90.0 Å². The van der Waals surface area contributed by atoms with E-state index in [0.717, 1.165) is 16.7 Å². The number of amides is 2. The molecular weight excluding hydrogens is 326 g/mol. The third-order valence-corrected chi connectivity index (χ3v) is 4.61. The number of nitrogens with zero attached hydrogens (tertiary/aromatic N) is 1. The van der Waals surface area contributed by atoms with Crippen molar-refractivity contribution in [2.24, 2.45) is 0 Å². The van der Waals surface area contributed by atoms with Gasteiger partial charge in [-0.05, 0) is 36.4 Å². The summed E-state index contributed by atoms with van der Waals surface area (Å²) in [5.74, 6) is 0.161. The summed E-state index contributed by atoms with van der Waals surface area (Å²) in [5.41, 5.74) is 3.11. The van der Waals surface area contributed by atoms with Crippen molar-refractivity contribution in [1.29, 1.82) is 0 Å². The van der Waals surface area contributed by atoms with Crippen LogP contribution in [0.4, 0.5) is 5.69 Å². The van der Waals surface area contributed by atoms with Crippen LogP contribution in [-0.4, -0.2) is 11.8 Å². The van der Waals surface area contributed by atoms with Crippen molar-refractivity contribution >= 4 is 28.5 Å². The van der Waals surface area contributed by atoms with Gasteiger partial charge < -0.3 is 4.42 Å². The Balaban J connectivity index is 1.59. The Kier molecular flexibility index (Phi) is 3.06. The topological polar surface area (TPSA) is 50.5 Å². The first-order valence-corrected chi connectivity index (χ1v) is 8.29. The molecule has 4 heteroatoms. The number of carbonyl (C=O) groups is 2. The average molecular weight is 339 g/mol. The normalized spacial score (nSPS) is 13.5. The molecule has 0 aliphatic carbocycles. The molecule has 0 saturated carbocycles. The van der Waals surface area contributed by atoms with Crippen LogP contribution in [0.15, 0.2) is 83.3 Å². The van der Waals surface area contributed by atoms with Gasteiger partial charge in [0.25, 0.3) is 11.8 Å². The van der Waals surface area contributed by atoms with E-state index in [2.05, 4.69) is 0 Å². The van der Waals surface area contributed by atoms with Gasteiger partial charge in [-0.1, -0.05) is 42.5 Å². The Morgan fingerprint density at radius 2 is 1.35 bits per heavy atom. The second-order valence-electron chi connectivity index (χ2n) is 6.19. The number of hydrogen-bond acceptors (Lipinski definition) is 3. The van der Waals surface area contributed by atoms with Crippen molar-refractivity contribution in [3.8, 4) is 11.3 Å². The van der Waals surface area contributed by atoms with Crippen LogP contribution < -0.4 is 4.90 Å². The molecule has 0 saturated heterocycles. The molecule has 2 amide bonds. The van der Waals surface area contributed by atoms with Crippen LogP contribution in [-0.2, 0) is 0 Å². The predicted molar refractivity (Wildman–Crippen MR) is 99.2 cm³/mol. The number of fused-ring (bicyclic) bond motifs is 2. The third-order valence-electron chi connectivity index (χ3n) is 4.61. The van der Waals surface area contributed by atoms with Crippen LogP contribution >= 0.6 is 0 Å². The molecule has 1 aromatic heterocycles. The number of carbonyl (C=O) groups excluding carboxylic acids is 2. The Morgan fingerprint density at radius 1 is 0.692 bits per heavy atom. The molecular formula is C22H13NO3. The summed E-state index contributed by atoms with van der Waals surface area (Å²) in [5, 5.41) is 0.845. The Bertz CT molecular complexity index is 1140. The standard InChI is InChI=1S/C22H13NO3/c24-21-17-8-4-5-9-18(17)22(25)23(21)16-10-11-19-15(12-16)13-20(26-19)14-6-2-1-3-7-14/h1-13H. The maximum absolute atomic E-state index is 12.7. The zero-order valence-corrected chi connectivity index (χ0v) is 13.7. The van der Waals surface area contributed by atoms with Gasteiger partial charge in [0.15, 0.2) is 0 Å². The fraction of sp³-hybridized carbons (Fsp3) is 0. The van der Waals surface area contributed by atoms with Crippen LogP contribution in [0.2, 0.25) is 0 Å². The Morgan fingerprint density at radius 3 is 2.04 bits per heavy atom. The molecule has 0 radical (unpaired) electrons. The van der Waals surface area contributed by atoms with Crippen LogP contribution in [0.5, 0.6) is 0 Å². The fourth-order valence-corrected chi connectivity index (χ4v) is 3.34. The zero-order valence-electron chi connectivity index (χ0n) is 13.7. The largest absolute Gasteiger partial charge is 0.456 e. The molecule has 0 spiro atoms. The van der Waals surface area contributed by atoms with Crippen molar-refractivity contribution in [1.82, 2.24) is 0 Å². The summed E-state index contributed by atoms with van der Waals surface area (Å²) in [6.07, 6.45) is 0. The number of rotatable bonds is 2. The highest BCUT2D eigenvalue weighted by Crippen LogP contribution is 2.33. The Hall–Kier alpha value is -3.66. The summed E-state index contributed by atoms with van der Waals surface area (Å²) in [7, 11) is 0. The SMILES string of the molecule is O=C1c2ccccc2C(=O)N1c1ccc2oc(-c3ccccc3)cc2c1. The van der Waals surface area contributed by atoms with E-state index in [4.69, 9.17) is 4.42 Å². The third kappa shape index (κ3) is 2.09. The number of imide groups is 1. The Labute approximate surface area is 149 Å². The minimum absolute atomic E-state index is 0.295. The van der Waals surface area contributed by atoms with Gasteiger partial charge in [0, 0.05) is 10.9 Å². The summed E-state index contributed by atoms with van der Waals surface area (Å²) in [6, 6.07) is 24.0. The van der Waals surface area contributed by atoms with Crippen molar-refractivity contribution in [2.45, 2.75) is 0 Å². The highest BCUT2D eigenvalue weighted by atomic mass is 16.3. The van der Waals surface area contributed by atoms with Gasteiger partial charge in [-0.15, -0.1) is 0 Å². The molecule has 4 nitrogen and oxygen atoms in total. The lowest BCUT2D eigenvalue weighted by Gasteiger charge is -2.13. The molecule has 124 valence electrons. The number of furan rings is 1. The molecule has 0 bridgehead atoms. The van der Waals surface area contributed by atoms with Crippen LogP contribution in [0, 0.1) is 0 Å². The van der Waals surface area contributed by atoms with Crippen molar-refractivity contribution in [2.75, 3.05) is 4.90 Å². The predicted octanol–water partition coefficient (Wildman–Crippen LogP) is 4.90. The number of anilines is 1. The van der Waals surface area contributed by atoms with Gasteiger partial charge in [0.1, 0.15) is 11.3 Å². The van der Waals surface area contributed by atoms with Gasteiger partial charge in [0.05, 0.1) is 16.8 Å². The first-order chi connectivity index (χ1) is 12.7. The van der Waals surface area contributed by atoms with E-state index in [1.165, 1.54) is 4.90 Å². The highest BCUT2D eigenvalue weighted by molar-refractivity contribution is 6.34. The molecule has 3 aromatic carbocycles. The molecule has 0 N–H and O–H groups in total. The summed E-state index contributed by atoms with van der Waals surface area (Å²) in [4.78, 5) is 26.5. The lowest BCUT2D eigenvalue weighted by atomic mass is 10.1. The summed E-state index contributed by atoms with van der Waals surface area (Å²) < 4.78 is 5.90. The maximum Gasteiger partial charge on any atom is 0.266 e. The van der Waals surface area contributed by atoms with E-state index in [0.29, 0.717) is 22.4 Å². The van der Waals surface area contributed by atoms with Gasteiger partial charge in [-0.25, -0.2) is 4.90 Å². The van der Waals surface area contributed by atoms with Crippen molar-refractivity contribution in [3.63, 3.8) is 0 Å². The van der Waals surface area contributed by atoms with Gasteiger partial charge in [-0.3, -0.25) is 9.59 Å². The number of hydrogen-bond donors (Lipinski definition) is 0. The smallest absolute Gasteiger partial charge is 0.266 e. The van der Waals surface area contributed by atoms with Crippen LogP contribution in [0.1, 0.15) is 20.7 Å². The lowest BCUT2D eigenvalue weighted by molar-refractivity contribution is 0.0926. The first-order valence-electron chi connectivity index (χ1n) is 8.29. The van der Waals surface area contributed by atoms with E-state index < -0.39 is 0 Å². The van der Waals surface area contributed by atoms with E-state index in [1.54, 1.807) is 36.4 Å². The molecule has 0 unspecified atom stereocenters. The molecule has 0 atom stereocenters. The van der Waals surface area contributed by atoms with Gasteiger partial charge >= 0.3 is 0 Å². The summed E-state index contributed by atoms with van der Waals surface area (Å²) in [6.45, 7) is 0. The van der Waals surface area contributed by atoms with Gasteiger partial charge in [-0.2, -0.15) is 0 Å². The molecule has 2 heterocycles. The minimum Gasteiger partial charge on any atom is -0.456 e. The first kappa shape index (κ1) is 14.7. The summed E-state index contributed by atoms with van der Waals surface area (Å²) >= 11 is 0. The lowest BCUT2D eigenvalue weighted by Crippen LogP contribution is -2.29. The van der Waals surface area contributed by atoms with E-state index in [1.807, 2.05) is 42.5 Å².